The van der Waals surface area contributed by atoms with Crippen LogP contribution in [0.15, 0.2) is 12.2 Å². The molecule has 0 bridgehead atoms. The minimum Gasteiger partial charge on any atom is -0.469 e. The van der Waals surface area contributed by atoms with E-state index in [0.29, 0.717) is 12.8 Å². The second-order valence-corrected chi connectivity index (χ2v) is 16.7. The Hall–Kier alpha value is -1.93. The van der Waals surface area contributed by atoms with Crippen LogP contribution in [-0.4, -0.2) is 58.6 Å². The molecular weight excluding hydrogens is 560 g/mol. The summed E-state index contributed by atoms with van der Waals surface area (Å²) in [5.74, 6) is -0.886. The number of hydrogen-bond acceptors (Lipinski definition) is 8. The van der Waals surface area contributed by atoms with Gasteiger partial charge in [0.2, 0.25) is 0 Å². The molecule has 8 nitrogen and oxygen atoms in total. The third kappa shape index (κ3) is 5.99. The minimum atomic E-state index is -1.01. The summed E-state index contributed by atoms with van der Waals surface area (Å²) in [6.07, 6.45) is 9.23. The van der Waals surface area contributed by atoms with Crippen molar-refractivity contribution in [3.8, 4) is 0 Å². The van der Waals surface area contributed by atoms with Crippen LogP contribution in [0.25, 0.3) is 0 Å². The van der Waals surface area contributed by atoms with E-state index in [0.717, 1.165) is 38.5 Å². The summed E-state index contributed by atoms with van der Waals surface area (Å²) < 4.78 is 16.8. The molecule has 0 aromatic carbocycles. The van der Waals surface area contributed by atoms with Gasteiger partial charge in [-0.25, -0.2) is 0 Å². The molecule has 10 atom stereocenters. The van der Waals surface area contributed by atoms with Gasteiger partial charge in [-0.15, -0.1) is 0 Å². The zero-order valence-electron chi connectivity index (χ0n) is 28.8. The third-order valence-corrected chi connectivity index (χ3v) is 13.3. The van der Waals surface area contributed by atoms with E-state index in [1.807, 2.05) is 13.0 Å². The van der Waals surface area contributed by atoms with Crippen molar-refractivity contribution in [1.29, 1.82) is 0 Å². The summed E-state index contributed by atoms with van der Waals surface area (Å²) in [4.78, 5) is 36.9. The molecule has 250 valence electrons. The molecule has 0 amide bonds. The fourth-order valence-electron chi connectivity index (χ4n) is 11.1. The quantitative estimate of drug-likeness (QED) is 0.144. The molecule has 0 radical (unpaired) electrons. The average molecular weight is 619 g/mol. The van der Waals surface area contributed by atoms with Gasteiger partial charge >= 0.3 is 17.9 Å². The van der Waals surface area contributed by atoms with E-state index in [4.69, 9.17) is 9.47 Å². The second-order valence-electron chi connectivity index (χ2n) is 16.7. The molecular formula is C36H58O8. The molecule has 0 aromatic heterocycles. The van der Waals surface area contributed by atoms with Gasteiger partial charge in [0.25, 0.3) is 0 Å². The van der Waals surface area contributed by atoms with Crippen molar-refractivity contribution in [3.05, 3.63) is 12.2 Å². The molecule has 44 heavy (non-hydrogen) atoms. The van der Waals surface area contributed by atoms with Gasteiger partial charge in [-0.1, -0.05) is 46.8 Å². The highest BCUT2D eigenvalue weighted by molar-refractivity contribution is 5.91. The van der Waals surface area contributed by atoms with Gasteiger partial charge in [-0.3, -0.25) is 14.4 Å². The van der Waals surface area contributed by atoms with Crippen molar-refractivity contribution < 1.29 is 38.8 Å². The van der Waals surface area contributed by atoms with Crippen LogP contribution in [0.1, 0.15) is 120 Å². The molecule has 0 heterocycles. The number of carbonyl (C=O) groups is 3. The topological polar surface area (TPSA) is 119 Å². The van der Waals surface area contributed by atoms with Gasteiger partial charge in [-0.05, 0) is 106 Å². The van der Waals surface area contributed by atoms with E-state index in [2.05, 4.69) is 39.4 Å². The molecule has 0 aliphatic heterocycles. The lowest BCUT2D eigenvalue weighted by atomic mass is 9.35. The third-order valence-electron chi connectivity index (χ3n) is 13.3. The molecule has 0 aromatic rings. The van der Waals surface area contributed by atoms with Crippen molar-refractivity contribution >= 4 is 17.9 Å². The van der Waals surface area contributed by atoms with Gasteiger partial charge in [0.05, 0.1) is 18.3 Å². The van der Waals surface area contributed by atoms with Crippen LogP contribution in [0.4, 0.5) is 0 Å². The highest BCUT2D eigenvalue weighted by atomic mass is 16.6. The molecule has 4 aliphatic rings. The maximum absolute atomic E-state index is 12.6. The van der Waals surface area contributed by atoms with E-state index in [-0.39, 0.29) is 69.9 Å². The zero-order chi connectivity index (χ0) is 33.1. The molecule has 4 aliphatic carbocycles. The lowest BCUT2D eigenvalue weighted by Crippen LogP contribution is -2.67. The average Bonchev–Trinajstić information content (AvgIpc) is 3.26. The molecule has 8 heteroatoms. The lowest BCUT2D eigenvalue weighted by Gasteiger charge is -2.70. The number of fused-ring (bicyclic) bond motifs is 5. The van der Waals surface area contributed by atoms with E-state index in [1.54, 1.807) is 19.9 Å². The fraction of sp³-hybridized carbons (Fsp3) is 0.861. The second kappa shape index (κ2) is 11.7. The Morgan fingerprint density at radius 1 is 0.864 bits per heavy atom. The Kier molecular flexibility index (Phi) is 9.29. The molecule has 2 N–H and O–H groups in total. The van der Waals surface area contributed by atoms with Crippen LogP contribution in [0.3, 0.4) is 0 Å². The van der Waals surface area contributed by atoms with Crippen LogP contribution in [0.2, 0.25) is 0 Å². The summed E-state index contributed by atoms with van der Waals surface area (Å²) in [5, 5.41) is 22.1. The molecule has 5 unspecified atom stereocenters. The smallest absolute Gasteiger partial charge is 0.317 e. The maximum Gasteiger partial charge on any atom is 0.317 e. The predicted molar refractivity (Wildman–Crippen MR) is 167 cm³/mol. The highest BCUT2D eigenvalue weighted by Gasteiger charge is 2.72. The van der Waals surface area contributed by atoms with E-state index >= 15 is 0 Å². The SMILES string of the molecule is COC(=O)CC(=O)O[C@@H]1CC[C@@]2(C)C(CC[C@]3(C)C2C[C@@H](OC(C)=O)C2C(C(C)(O)CC=CC(C)(C)O)CC[C@]23C)C1(C)C. The van der Waals surface area contributed by atoms with Gasteiger partial charge in [0.1, 0.15) is 18.6 Å². The van der Waals surface area contributed by atoms with Crippen molar-refractivity contribution in [3.63, 3.8) is 0 Å². The number of aliphatic hydroxyl groups is 2. The standard InChI is InChI=1S/C36H58O8/c1-22(37)43-24-20-26-33(6)17-14-27(44-29(39)21-28(38)42-10)32(4,5)25(33)13-19-34(26,7)35(8)18-12-23(30(24)35)36(9,41)16-11-15-31(2,3)40/h11,15,23-27,30,40-41H,12-14,16-21H2,1-10H3/t23?,24-,25?,26?,27-,30?,33+,34-,35-,36?/m1/s1. The van der Waals surface area contributed by atoms with Crippen LogP contribution >= 0.6 is 0 Å². The largest absolute Gasteiger partial charge is 0.469 e. The van der Waals surface area contributed by atoms with Crippen molar-refractivity contribution in [2.24, 2.45) is 45.3 Å². The van der Waals surface area contributed by atoms with E-state index in [1.165, 1.54) is 14.0 Å². The summed E-state index contributed by atoms with van der Waals surface area (Å²) in [5.41, 5.74) is -2.51. The van der Waals surface area contributed by atoms with Crippen molar-refractivity contribution in [1.82, 2.24) is 0 Å². The Morgan fingerprint density at radius 3 is 2.09 bits per heavy atom. The molecule has 0 spiro atoms. The number of ether oxygens (including phenoxy) is 3. The molecule has 4 fully saturated rings. The number of methoxy groups -OCH3 is 1. The number of hydrogen-bond donors (Lipinski definition) is 2. The number of rotatable bonds is 8. The van der Waals surface area contributed by atoms with Crippen molar-refractivity contribution in [2.45, 2.75) is 144 Å². The first-order chi connectivity index (χ1) is 20.1. The lowest BCUT2D eigenvalue weighted by molar-refractivity contribution is -0.252. The molecule has 4 saturated carbocycles. The van der Waals surface area contributed by atoms with Gasteiger partial charge in [-0.2, -0.15) is 0 Å². The Morgan fingerprint density at radius 2 is 1.50 bits per heavy atom. The van der Waals surface area contributed by atoms with Crippen molar-refractivity contribution in [2.75, 3.05) is 7.11 Å². The first kappa shape index (κ1) is 34.9. The summed E-state index contributed by atoms with van der Waals surface area (Å²) >= 11 is 0. The maximum atomic E-state index is 12.6. The summed E-state index contributed by atoms with van der Waals surface area (Å²) in [6, 6.07) is 0. The van der Waals surface area contributed by atoms with Crippen LogP contribution < -0.4 is 0 Å². The Balaban J connectivity index is 1.66. The van der Waals surface area contributed by atoms with Crippen LogP contribution in [0, 0.1) is 45.3 Å². The first-order valence-corrected chi connectivity index (χ1v) is 16.7. The summed E-state index contributed by atoms with van der Waals surface area (Å²) in [6.45, 7) is 18.5. The van der Waals surface area contributed by atoms with Gasteiger partial charge < -0.3 is 24.4 Å². The summed E-state index contributed by atoms with van der Waals surface area (Å²) in [7, 11) is 1.27. The number of esters is 3. The predicted octanol–water partition coefficient (Wildman–Crippen LogP) is 6.16. The zero-order valence-corrected chi connectivity index (χ0v) is 28.8. The van der Waals surface area contributed by atoms with Gasteiger partial charge in [0, 0.05) is 18.3 Å². The highest BCUT2D eigenvalue weighted by Crippen LogP contribution is 2.76. The monoisotopic (exact) mass is 618 g/mol. The first-order valence-electron chi connectivity index (χ1n) is 16.7. The molecule has 4 rings (SSSR count). The normalized spacial score (nSPS) is 41.1. The van der Waals surface area contributed by atoms with Gasteiger partial charge in [0.15, 0.2) is 0 Å². The van der Waals surface area contributed by atoms with E-state index < -0.39 is 23.1 Å². The molecule has 0 saturated heterocycles. The Bertz CT molecular complexity index is 1150. The number of carbonyl (C=O) groups excluding carboxylic acids is 3. The minimum absolute atomic E-state index is 0.0157. The Labute approximate surface area is 264 Å². The fourth-order valence-corrected chi connectivity index (χ4v) is 11.1. The van der Waals surface area contributed by atoms with Crippen LogP contribution in [0.5, 0.6) is 0 Å². The van der Waals surface area contributed by atoms with E-state index in [9.17, 15) is 24.6 Å². The van der Waals surface area contributed by atoms with Crippen LogP contribution in [-0.2, 0) is 28.6 Å².